The Hall–Kier alpha value is -1.40. The number of hydrogen-bond donors (Lipinski definition) is 0. The van der Waals surface area contributed by atoms with Crippen LogP contribution in [0.1, 0.15) is 23.2 Å². The van der Waals surface area contributed by atoms with Gasteiger partial charge in [-0.15, -0.1) is 0 Å². The van der Waals surface area contributed by atoms with E-state index in [9.17, 15) is 4.79 Å². The van der Waals surface area contributed by atoms with Crippen LogP contribution in [-0.4, -0.2) is 10.8 Å². The Bertz CT molecular complexity index is 357. The summed E-state index contributed by atoms with van der Waals surface area (Å²) in [5, 5.41) is 8.67. The van der Waals surface area contributed by atoms with Crippen LogP contribution in [0.3, 0.4) is 0 Å². The Morgan fingerprint density at radius 2 is 2.46 bits per heavy atom. The molecule has 1 aromatic rings. The van der Waals surface area contributed by atoms with Crippen molar-refractivity contribution in [3.05, 3.63) is 29.0 Å². The molecular weight excluding hydrogens is 188 g/mol. The third kappa shape index (κ3) is 2.53. The van der Waals surface area contributed by atoms with E-state index in [2.05, 4.69) is 4.98 Å². The fraction of sp³-hybridized carbons (Fsp3) is 0.222. The number of nitriles is 1. The number of Topliss-reactive ketones (excluding diaryl/α,β-unsaturated/α-hetero) is 1. The predicted molar refractivity (Wildman–Crippen MR) is 48.4 cm³/mol. The first-order chi connectivity index (χ1) is 6.25. The number of nitrogens with zero attached hydrogens (tertiary/aromatic N) is 2. The molecule has 0 unspecified atom stereocenters. The second-order valence-corrected chi connectivity index (χ2v) is 2.84. The molecule has 0 saturated carbocycles. The van der Waals surface area contributed by atoms with E-state index in [-0.39, 0.29) is 18.6 Å². The van der Waals surface area contributed by atoms with Gasteiger partial charge in [0.05, 0.1) is 16.7 Å². The summed E-state index contributed by atoms with van der Waals surface area (Å²) >= 11 is 5.75. The lowest BCUT2D eigenvalue weighted by atomic mass is 10.1. The maximum Gasteiger partial charge on any atom is 0.166 e. The molecule has 0 N–H and O–H groups in total. The highest BCUT2D eigenvalue weighted by molar-refractivity contribution is 6.33. The summed E-state index contributed by atoms with van der Waals surface area (Å²) in [7, 11) is 0. The van der Waals surface area contributed by atoms with E-state index < -0.39 is 0 Å². The van der Waals surface area contributed by atoms with Crippen LogP contribution in [-0.2, 0) is 0 Å². The largest absolute Gasteiger partial charge is 0.294 e. The number of carbonyl (C=O) groups excluding carboxylic acids is 1. The van der Waals surface area contributed by atoms with Gasteiger partial charge in [-0.05, 0) is 6.07 Å². The second kappa shape index (κ2) is 4.58. The zero-order chi connectivity index (χ0) is 9.68. The summed E-state index contributed by atoms with van der Waals surface area (Å²) in [6.07, 6.45) is 3.34. The molecule has 66 valence electrons. The highest BCUT2D eigenvalue weighted by Crippen LogP contribution is 2.15. The Morgan fingerprint density at radius 3 is 3.08 bits per heavy atom. The Kier molecular flexibility index (Phi) is 3.41. The number of pyridine rings is 1. The molecule has 0 bridgehead atoms. The molecule has 0 aliphatic rings. The molecule has 0 spiro atoms. The molecule has 0 amide bonds. The third-order valence-electron chi connectivity index (χ3n) is 1.53. The minimum atomic E-state index is -0.139. The van der Waals surface area contributed by atoms with E-state index in [0.717, 1.165) is 0 Å². The van der Waals surface area contributed by atoms with E-state index in [1.807, 2.05) is 6.07 Å². The van der Waals surface area contributed by atoms with Gasteiger partial charge in [0.25, 0.3) is 0 Å². The molecule has 0 saturated heterocycles. The van der Waals surface area contributed by atoms with Gasteiger partial charge in [-0.3, -0.25) is 9.78 Å². The fourth-order valence-corrected chi connectivity index (χ4v) is 1.10. The number of hydrogen-bond acceptors (Lipinski definition) is 3. The van der Waals surface area contributed by atoms with Gasteiger partial charge in [-0.2, -0.15) is 5.26 Å². The topological polar surface area (TPSA) is 53.8 Å². The molecule has 0 aliphatic heterocycles. The third-order valence-corrected chi connectivity index (χ3v) is 1.86. The molecule has 0 aliphatic carbocycles. The monoisotopic (exact) mass is 194 g/mol. The Labute approximate surface area is 81.0 Å². The molecule has 1 heterocycles. The van der Waals surface area contributed by atoms with E-state index in [1.54, 1.807) is 6.07 Å². The van der Waals surface area contributed by atoms with Crippen LogP contribution < -0.4 is 0 Å². The molecule has 1 aromatic heterocycles. The van der Waals surface area contributed by atoms with Crippen LogP contribution in [0.25, 0.3) is 0 Å². The molecule has 3 nitrogen and oxygen atoms in total. The minimum Gasteiger partial charge on any atom is -0.294 e. The van der Waals surface area contributed by atoms with Gasteiger partial charge >= 0.3 is 0 Å². The predicted octanol–water partition coefficient (Wildman–Crippen LogP) is 2.22. The van der Waals surface area contributed by atoms with Gasteiger partial charge in [0.2, 0.25) is 0 Å². The van der Waals surface area contributed by atoms with Crippen molar-refractivity contribution in [2.45, 2.75) is 12.8 Å². The average molecular weight is 195 g/mol. The summed E-state index contributed by atoms with van der Waals surface area (Å²) in [5.74, 6) is -0.139. The number of ketones is 1. The van der Waals surface area contributed by atoms with Crippen molar-refractivity contribution in [3.8, 4) is 6.07 Å². The highest BCUT2D eigenvalue weighted by Gasteiger charge is 2.08. The Balaban J connectivity index is 2.78. The van der Waals surface area contributed by atoms with Crippen molar-refractivity contribution in [3.63, 3.8) is 0 Å². The smallest absolute Gasteiger partial charge is 0.166 e. The SMILES string of the molecule is N#CCCC(=O)c1cnccc1Cl. The maximum absolute atomic E-state index is 11.3. The molecule has 4 heteroatoms. The molecule has 13 heavy (non-hydrogen) atoms. The molecule has 0 aromatic carbocycles. The lowest BCUT2D eigenvalue weighted by molar-refractivity contribution is 0.0984. The van der Waals surface area contributed by atoms with Gasteiger partial charge in [0.15, 0.2) is 5.78 Å². The average Bonchev–Trinajstić information content (AvgIpc) is 2.15. The number of carbonyl (C=O) groups is 1. The fourth-order valence-electron chi connectivity index (χ4n) is 0.887. The minimum absolute atomic E-state index is 0.139. The first kappa shape index (κ1) is 9.69. The normalized spacial score (nSPS) is 9.23. The Morgan fingerprint density at radius 1 is 1.69 bits per heavy atom. The van der Waals surface area contributed by atoms with Crippen LogP contribution in [0.2, 0.25) is 5.02 Å². The second-order valence-electron chi connectivity index (χ2n) is 2.44. The van der Waals surface area contributed by atoms with Crippen molar-refractivity contribution in [2.75, 3.05) is 0 Å². The number of halogens is 1. The van der Waals surface area contributed by atoms with Gasteiger partial charge in [0, 0.05) is 25.2 Å². The van der Waals surface area contributed by atoms with Crippen LogP contribution in [0, 0.1) is 11.3 Å². The van der Waals surface area contributed by atoms with E-state index >= 15 is 0 Å². The summed E-state index contributed by atoms with van der Waals surface area (Å²) in [4.78, 5) is 15.1. The number of aromatic nitrogens is 1. The molecule has 1 rings (SSSR count). The summed E-state index contributed by atoms with van der Waals surface area (Å²) < 4.78 is 0. The van der Waals surface area contributed by atoms with E-state index in [1.165, 1.54) is 12.4 Å². The van der Waals surface area contributed by atoms with Crippen LogP contribution in [0.4, 0.5) is 0 Å². The lowest BCUT2D eigenvalue weighted by Crippen LogP contribution is -1.99. The summed E-state index contributed by atoms with van der Waals surface area (Å²) in [6.45, 7) is 0. The molecule has 0 fully saturated rings. The first-order valence-corrected chi connectivity index (χ1v) is 4.13. The zero-order valence-electron chi connectivity index (χ0n) is 6.83. The molecule has 0 radical (unpaired) electrons. The molecule has 0 atom stereocenters. The quantitative estimate of drug-likeness (QED) is 0.694. The van der Waals surface area contributed by atoms with Crippen molar-refractivity contribution in [2.24, 2.45) is 0 Å². The van der Waals surface area contributed by atoms with Crippen LogP contribution in [0.15, 0.2) is 18.5 Å². The van der Waals surface area contributed by atoms with Gasteiger partial charge in [0.1, 0.15) is 0 Å². The van der Waals surface area contributed by atoms with Gasteiger partial charge in [-0.25, -0.2) is 0 Å². The zero-order valence-corrected chi connectivity index (χ0v) is 7.58. The van der Waals surface area contributed by atoms with E-state index in [4.69, 9.17) is 16.9 Å². The van der Waals surface area contributed by atoms with Crippen molar-refractivity contribution >= 4 is 17.4 Å². The lowest BCUT2D eigenvalue weighted by Gasteiger charge is -1.99. The first-order valence-electron chi connectivity index (χ1n) is 3.75. The van der Waals surface area contributed by atoms with E-state index in [0.29, 0.717) is 10.6 Å². The van der Waals surface area contributed by atoms with Crippen molar-refractivity contribution < 1.29 is 4.79 Å². The maximum atomic E-state index is 11.3. The van der Waals surface area contributed by atoms with Gasteiger partial charge in [-0.1, -0.05) is 11.6 Å². The summed E-state index contributed by atoms with van der Waals surface area (Å²) in [5.41, 5.74) is 0.388. The standard InChI is InChI=1S/C9H7ClN2O/c10-8-3-5-12-6-7(8)9(13)2-1-4-11/h3,5-6H,1-2H2. The highest BCUT2D eigenvalue weighted by atomic mass is 35.5. The van der Waals surface area contributed by atoms with Crippen molar-refractivity contribution in [1.29, 1.82) is 5.26 Å². The molecular formula is C9H7ClN2O. The van der Waals surface area contributed by atoms with Crippen molar-refractivity contribution in [1.82, 2.24) is 4.98 Å². The van der Waals surface area contributed by atoms with Crippen LogP contribution >= 0.6 is 11.6 Å². The van der Waals surface area contributed by atoms with Crippen LogP contribution in [0.5, 0.6) is 0 Å². The van der Waals surface area contributed by atoms with Gasteiger partial charge < -0.3 is 0 Å². The summed E-state index contributed by atoms with van der Waals surface area (Å²) in [6, 6.07) is 3.46. The number of rotatable bonds is 3.